The smallest absolute Gasteiger partial charge is 0.231 e. The molecule has 2 aliphatic rings. The quantitative estimate of drug-likeness (QED) is 0.752. The van der Waals surface area contributed by atoms with E-state index in [1.54, 1.807) is 0 Å². The van der Waals surface area contributed by atoms with Crippen molar-refractivity contribution in [3.63, 3.8) is 0 Å². The van der Waals surface area contributed by atoms with Crippen LogP contribution < -0.4 is 14.8 Å². The fourth-order valence-electron chi connectivity index (χ4n) is 3.06. The van der Waals surface area contributed by atoms with Crippen LogP contribution in [0.1, 0.15) is 35.7 Å². The van der Waals surface area contributed by atoms with Crippen molar-refractivity contribution in [1.29, 1.82) is 0 Å². The lowest BCUT2D eigenvalue weighted by molar-refractivity contribution is 0.174. The highest BCUT2D eigenvalue weighted by atomic mass is 16.7. The zero-order valence-corrected chi connectivity index (χ0v) is 14.4. The zero-order chi connectivity index (χ0) is 17.5. The second kappa shape index (κ2) is 6.01. The standard InChI is InChI=1S/C19H18N4O3/c1-11-6-16(26-23-11)14-9-21-19(22-18(14)13-3-4-13)20-8-12-2-5-15-17(7-12)25-10-24-15/h2,5-7,9,13H,3-4,8,10H2,1H3,(H,20,21,22). The van der Waals surface area contributed by atoms with Crippen LogP contribution in [0.5, 0.6) is 11.5 Å². The van der Waals surface area contributed by atoms with Crippen LogP contribution in [0.15, 0.2) is 35.0 Å². The topological polar surface area (TPSA) is 82.3 Å². The van der Waals surface area contributed by atoms with Crippen LogP contribution in [-0.4, -0.2) is 21.9 Å². The molecule has 0 atom stereocenters. The molecule has 3 heterocycles. The predicted octanol–water partition coefficient (Wildman–Crippen LogP) is 3.66. The first-order valence-corrected chi connectivity index (χ1v) is 8.69. The number of rotatable bonds is 5. The molecular formula is C19H18N4O3. The average Bonchev–Trinajstić information content (AvgIpc) is 3.25. The molecule has 26 heavy (non-hydrogen) atoms. The van der Waals surface area contributed by atoms with Crippen molar-refractivity contribution < 1.29 is 14.0 Å². The molecule has 0 unspecified atom stereocenters. The van der Waals surface area contributed by atoms with Gasteiger partial charge >= 0.3 is 0 Å². The fourth-order valence-corrected chi connectivity index (χ4v) is 3.06. The maximum atomic E-state index is 5.42. The van der Waals surface area contributed by atoms with E-state index in [2.05, 4.69) is 15.5 Å². The van der Waals surface area contributed by atoms with Crippen LogP contribution >= 0.6 is 0 Å². The Balaban J connectivity index is 1.37. The highest BCUT2D eigenvalue weighted by Gasteiger charge is 2.30. The summed E-state index contributed by atoms with van der Waals surface area (Å²) in [4.78, 5) is 9.20. The Hall–Kier alpha value is -3.09. The van der Waals surface area contributed by atoms with Crippen molar-refractivity contribution in [2.45, 2.75) is 32.2 Å². The van der Waals surface area contributed by atoms with Crippen molar-refractivity contribution in [2.24, 2.45) is 0 Å². The predicted molar refractivity (Wildman–Crippen MR) is 94.1 cm³/mol. The molecule has 3 aromatic rings. The Kier molecular flexibility index (Phi) is 3.51. The third kappa shape index (κ3) is 2.85. The molecule has 0 bridgehead atoms. The van der Waals surface area contributed by atoms with Crippen molar-refractivity contribution in [3.8, 4) is 22.8 Å². The van der Waals surface area contributed by atoms with Crippen LogP contribution in [0, 0.1) is 6.92 Å². The molecular weight excluding hydrogens is 332 g/mol. The molecule has 132 valence electrons. The minimum absolute atomic E-state index is 0.280. The Morgan fingerprint density at radius 3 is 2.85 bits per heavy atom. The molecule has 5 rings (SSSR count). The van der Waals surface area contributed by atoms with Crippen molar-refractivity contribution in [2.75, 3.05) is 12.1 Å². The number of nitrogens with zero attached hydrogens (tertiary/aromatic N) is 3. The van der Waals surface area contributed by atoms with Gasteiger partial charge in [-0.1, -0.05) is 11.2 Å². The summed E-state index contributed by atoms with van der Waals surface area (Å²) >= 11 is 0. The number of hydrogen-bond acceptors (Lipinski definition) is 7. The minimum atomic E-state index is 0.280. The van der Waals surface area contributed by atoms with Gasteiger partial charge < -0.3 is 19.3 Å². The summed E-state index contributed by atoms with van der Waals surface area (Å²) in [5.74, 6) is 3.38. The molecule has 1 aromatic carbocycles. The maximum absolute atomic E-state index is 5.42. The van der Waals surface area contributed by atoms with Gasteiger partial charge in [0.05, 0.1) is 17.0 Å². The number of ether oxygens (including phenoxy) is 2. The summed E-state index contributed by atoms with van der Waals surface area (Å²) in [6.45, 7) is 2.80. The van der Waals surface area contributed by atoms with E-state index in [4.69, 9.17) is 19.0 Å². The molecule has 1 fully saturated rings. The van der Waals surface area contributed by atoms with Crippen LogP contribution in [0.3, 0.4) is 0 Å². The first-order chi connectivity index (χ1) is 12.8. The van der Waals surface area contributed by atoms with Gasteiger partial charge in [0.1, 0.15) is 0 Å². The average molecular weight is 350 g/mol. The Morgan fingerprint density at radius 2 is 2.04 bits per heavy atom. The van der Waals surface area contributed by atoms with Gasteiger partial charge in [-0.15, -0.1) is 0 Å². The van der Waals surface area contributed by atoms with Gasteiger partial charge in [0.25, 0.3) is 0 Å². The van der Waals surface area contributed by atoms with E-state index in [0.717, 1.165) is 52.6 Å². The number of benzene rings is 1. The van der Waals surface area contributed by atoms with Crippen LogP contribution in [0.2, 0.25) is 0 Å². The Morgan fingerprint density at radius 1 is 1.15 bits per heavy atom. The Bertz CT molecular complexity index is 965. The van der Waals surface area contributed by atoms with E-state index in [1.165, 1.54) is 0 Å². The SMILES string of the molecule is Cc1cc(-c2cnc(NCc3ccc4c(c3)OCO4)nc2C2CC2)on1. The fraction of sp³-hybridized carbons (Fsp3) is 0.316. The van der Waals surface area contributed by atoms with Crippen molar-refractivity contribution >= 4 is 5.95 Å². The summed E-state index contributed by atoms with van der Waals surface area (Å²) < 4.78 is 16.2. The third-order valence-electron chi connectivity index (χ3n) is 4.56. The molecule has 1 N–H and O–H groups in total. The van der Waals surface area contributed by atoms with Crippen LogP contribution in [-0.2, 0) is 6.54 Å². The van der Waals surface area contributed by atoms with Crippen LogP contribution in [0.25, 0.3) is 11.3 Å². The van der Waals surface area contributed by atoms with E-state index >= 15 is 0 Å². The van der Waals surface area contributed by atoms with Gasteiger partial charge in [0.2, 0.25) is 12.7 Å². The van der Waals surface area contributed by atoms with E-state index in [1.807, 2.05) is 37.4 Å². The Labute approximate surface area is 150 Å². The number of fused-ring (bicyclic) bond motifs is 1. The lowest BCUT2D eigenvalue weighted by Crippen LogP contribution is -2.06. The van der Waals surface area contributed by atoms with Crippen molar-refractivity contribution in [3.05, 3.63) is 47.4 Å². The van der Waals surface area contributed by atoms with Gasteiger partial charge in [-0.3, -0.25) is 0 Å². The molecule has 0 spiro atoms. The summed E-state index contributed by atoms with van der Waals surface area (Å²) in [6, 6.07) is 7.83. The highest BCUT2D eigenvalue weighted by molar-refractivity contribution is 5.62. The lowest BCUT2D eigenvalue weighted by Gasteiger charge is -2.09. The van der Waals surface area contributed by atoms with Gasteiger partial charge in [0, 0.05) is 24.7 Å². The number of aromatic nitrogens is 3. The summed E-state index contributed by atoms with van der Waals surface area (Å²) in [6.07, 6.45) is 4.13. The number of anilines is 1. The molecule has 0 saturated heterocycles. The molecule has 7 heteroatoms. The van der Waals surface area contributed by atoms with Crippen LogP contribution in [0.4, 0.5) is 5.95 Å². The van der Waals surface area contributed by atoms with Crippen molar-refractivity contribution in [1.82, 2.24) is 15.1 Å². The third-order valence-corrected chi connectivity index (χ3v) is 4.56. The second-order valence-electron chi connectivity index (χ2n) is 6.64. The molecule has 1 saturated carbocycles. The van der Waals surface area contributed by atoms with E-state index < -0.39 is 0 Å². The number of aryl methyl sites for hydroxylation is 1. The molecule has 1 aliphatic carbocycles. The normalized spacial score (nSPS) is 15.3. The van der Waals surface area contributed by atoms with E-state index in [9.17, 15) is 0 Å². The highest BCUT2D eigenvalue weighted by Crippen LogP contribution is 2.43. The molecule has 7 nitrogen and oxygen atoms in total. The zero-order valence-electron chi connectivity index (χ0n) is 14.4. The van der Waals surface area contributed by atoms with Gasteiger partial charge in [-0.05, 0) is 37.5 Å². The summed E-state index contributed by atoms with van der Waals surface area (Å²) in [7, 11) is 0. The number of hydrogen-bond donors (Lipinski definition) is 1. The van der Waals surface area contributed by atoms with E-state index in [-0.39, 0.29) is 6.79 Å². The molecule has 0 amide bonds. The van der Waals surface area contributed by atoms with Gasteiger partial charge in [-0.2, -0.15) is 0 Å². The molecule has 0 radical (unpaired) electrons. The first kappa shape index (κ1) is 15.2. The van der Waals surface area contributed by atoms with Gasteiger partial charge in [-0.25, -0.2) is 9.97 Å². The minimum Gasteiger partial charge on any atom is -0.454 e. The maximum Gasteiger partial charge on any atom is 0.231 e. The summed E-state index contributed by atoms with van der Waals surface area (Å²) in [5.41, 5.74) is 3.90. The first-order valence-electron chi connectivity index (χ1n) is 8.69. The van der Waals surface area contributed by atoms with Gasteiger partial charge in [0.15, 0.2) is 17.3 Å². The number of nitrogens with one attached hydrogen (secondary N) is 1. The lowest BCUT2D eigenvalue weighted by atomic mass is 10.1. The summed E-state index contributed by atoms with van der Waals surface area (Å²) in [5, 5.41) is 7.27. The second-order valence-corrected chi connectivity index (χ2v) is 6.64. The monoisotopic (exact) mass is 350 g/mol. The largest absolute Gasteiger partial charge is 0.454 e. The van der Waals surface area contributed by atoms with E-state index in [0.29, 0.717) is 18.4 Å². The molecule has 1 aliphatic heterocycles. The molecule has 2 aromatic heterocycles.